The smallest absolute Gasteiger partial charge is 0.255 e. The molecule has 0 fully saturated rings. The number of rotatable bonds is 3. The summed E-state index contributed by atoms with van der Waals surface area (Å²) < 4.78 is 0. The SMILES string of the molecule is CNC(=O)C(C)NC(=O)c1ccc2ccccc2c1O. The first-order chi connectivity index (χ1) is 9.54. The standard InChI is InChI=1S/C15H16N2O3/c1-9(14(19)16-2)17-15(20)12-8-7-10-5-3-4-6-11(10)13(12)18/h3-9,18H,1-2H3,(H,16,19)(H,17,20). The maximum absolute atomic E-state index is 12.1. The van der Waals surface area contributed by atoms with E-state index in [1.807, 2.05) is 12.1 Å². The van der Waals surface area contributed by atoms with Gasteiger partial charge in [0.2, 0.25) is 5.91 Å². The zero-order chi connectivity index (χ0) is 14.7. The van der Waals surface area contributed by atoms with Crippen LogP contribution in [0.4, 0.5) is 0 Å². The molecule has 0 aliphatic carbocycles. The van der Waals surface area contributed by atoms with E-state index in [1.165, 1.54) is 7.05 Å². The summed E-state index contributed by atoms with van der Waals surface area (Å²) in [6.45, 7) is 1.58. The summed E-state index contributed by atoms with van der Waals surface area (Å²) in [7, 11) is 1.50. The average molecular weight is 272 g/mol. The van der Waals surface area contributed by atoms with E-state index in [0.717, 1.165) is 5.39 Å². The number of hydrogen-bond donors (Lipinski definition) is 3. The summed E-state index contributed by atoms with van der Waals surface area (Å²) in [5.41, 5.74) is 0.152. The van der Waals surface area contributed by atoms with Gasteiger partial charge < -0.3 is 15.7 Å². The Morgan fingerprint density at radius 2 is 1.85 bits per heavy atom. The van der Waals surface area contributed by atoms with Crippen molar-refractivity contribution in [3.8, 4) is 5.75 Å². The number of nitrogens with one attached hydrogen (secondary N) is 2. The number of phenolic OH excluding ortho intramolecular Hbond substituents is 1. The lowest BCUT2D eigenvalue weighted by atomic mass is 10.0. The highest BCUT2D eigenvalue weighted by Crippen LogP contribution is 2.28. The highest BCUT2D eigenvalue weighted by atomic mass is 16.3. The normalized spacial score (nSPS) is 11.9. The Kier molecular flexibility index (Phi) is 3.89. The predicted molar refractivity (Wildman–Crippen MR) is 76.6 cm³/mol. The lowest BCUT2D eigenvalue weighted by Crippen LogP contribution is -2.43. The summed E-state index contributed by atoms with van der Waals surface area (Å²) in [6, 6.07) is 9.87. The molecule has 20 heavy (non-hydrogen) atoms. The maximum Gasteiger partial charge on any atom is 0.255 e. The molecular weight excluding hydrogens is 256 g/mol. The number of likely N-dealkylation sites (N-methyl/N-ethyl adjacent to an activating group) is 1. The third-order valence-corrected chi connectivity index (χ3v) is 3.13. The number of amides is 2. The number of carbonyl (C=O) groups is 2. The second-order valence-electron chi connectivity index (χ2n) is 4.49. The molecule has 0 heterocycles. The van der Waals surface area contributed by atoms with Crippen LogP contribution in [0.25, 0.3) is 10.8 Å². The molecule has 1 unspecified atom stereocenters. The van der Waals surface area contributed by atoms with E-state index in [1.54, 1.807) is 31.2 Å². The lowest BCUT2D eigenvalue weighted by Gasteiger charge is -2.13. The zero-order valence-corrected chi connectivity index (χ0v) is 11.3. The molecule has 0 spiro atoms. The zero-order valence-electron chi connectivity index (χ0n) is 11.3. The predicted octanol–water partition coefficient (Wildman–Crippen LogP) is 1.41. The van der Waals surface area contributed by atoms with E-state index in [9.17, 15) is 14.7 Å². The van der Waals surface area contributed by atoms with Crippen molar-refractivity contribution in [2.24, 2.45) is 0 Å². The summed E-state index contributed by atoms with van der Waals surface area (Å²) in [5, 5.41) is 16.6. The largest absolute Gasteiger partial charge is 0.506 e. The van der Waals surface area contributed by atoms with Gasteiger partial charge in [0.05, 0.1) is 5.56 Å². The van der Waals surface area contributed by atoms with E-state index in [0.29, 0.717) is 5.39 Å². The third-order valence-electron chi connectivity index (χ3n) is 3.13. The first-order valence-corrected chi connectivity index (χ1v) is 6.27. The first-order valence-electron chi connectivity index (χ1n) is 6.27. The van der Waals surface area contributed by atoms with E-state index in [4.69, 9.17) is 0 Å². The van der Waals surface area contributed by atoms with Crippen molar-refractivity contribution in [3.05, 3.63) is 42.0 Å². The number of fused-ring (bicyclic) bond motifs is 1. The Bertz CT molecular complexity index is 667. The number of aromatic hydroxyl groups is 1. The van der Waals surface area contributed by atoms with Crippen LogP contribution in [0.5, 0.6) is 5.75 Å². The molecular formula is C15H16N2O3. The van der Waals surface area contributed by atoms with Crippen molar-refractivity contribution >= 4 is 22.6 Å². The topological polar surface area (TPSA) is 78.4 Å². The van der Waals surface area contributed by atoms with Crippen LogP contribution in [0.15, 0.2) is 36.4 Å². The second kappa shape index (κ2) is 5.61. The van der Waals surface area contributed by atoms with Gasteiger partial charge in [-0.25, -0.2) is 0 Å². The van der Waals surface area contributed by atoms with Gasteiger partial charge in [0.15, 0.2) is 0 Å². The Labute approximate surface area is 116 Å². The highest BCUT2D eigenvalue weighted by molar-refractivity contribution is 6.04. The number of phenols is 1. The molecule has 0 radical (unpaired) electrons. The van der Waals surface area contributed by atoms with E-state index >= 15 is 0 Å². The molecule has 0 aliphatic rings. The molecule has 0 saturated carbocycles. The quantitative estimate of drug-likeness (QED) is 0.790. The average Bonchev–Trinajstić information content (AvgIpc) is 2.46. The minimum atomic E-state index is -0.668. The number of hydrogen-bond acceptors (Lipinski definition) is 3. The van der Waals surface area contributed by atoms with Crippen molar-refractivity contribution in [2.75, 3.05) is 7.05 Å². The molecule has 0 aromatic heterocycles. The van der Waals surface area contributed by atoms with Crippen molar-refractivity contribution in [2.45, 2.75) is 13.0 Å². The fourth-order valence-electron chi connectivity index (χ4n) is 1.99. The van der Waals surface area contributed by atoms with Crippen molar-refractivity contribution < 1.29 is 14.7 Å². The third kappa shape index (κ3) is 2.56. The van der Waals surface area contributed by atoms with E-state index < -0.39 is 11.9 Å². The molecule has 0 saturated heterocycles. The summed E-state index contributed by atoms with van der Waals surface area (Å²) in [6.07, 6.45) is 0. The summed E-state index contributed by atoms with van der Waals surface area (Å²) >= 11 is 0. The van der Waals surface area contributed by atoms with Gasteiger partial charge in [0, 0.05) is 12.4 Å². The molecule has 2 rings (SSSR count). The van der Waals surface area contributed by atoms with Gasteiger partial charge in [-0.15, -0.1) is 0 Å². The Morgan fingerprint density at radius 3 is 2.55 bits per heavy atom. The minimum absolute atomic E-state index is 0.0790. The van der Waals surface area contributed by atoms with Crippen LogP contribution in [0.3, 0.4) is 0 Å². The number of benzene rings is 2. The maximum atomic E-state index is 12.1. The van der Waals surface area contributed by atoms with E-state index in [-0.39, 0.29) is 17.2 Å². The van der Waals surface area contributed by atoms with Gasteiger partial charge in [-0.3, -0.25) is 9.59 Å². The Balaban J connectivity index is 2.31. The molecule has 0 bridgehead atoms. The van der Waals surface area contributed by atoms with Crippen LogP contribution < -0.4 is 10.6 Å². The molecule has 5 heteroatoms. The fourth-order valence-corrected chi connectivity index (χ4v) is 1.99. The molecule has 2 aromatic carbocycles. The molecule has 2 amide bonds. The summed E-state index contributed by atoms with van der Waals surface area (Å²) in [5.74, 6) is -0.854. The van der Waals surface area contributed by atoms with Crippen LogP contribution >= 0.6 is 0 Å². The molecule has 2 aromatic rings. The molecule has 3 N–H and O–H groups in total. The number of carbonyl (C=O) groups excluding carboxylic acids is 2. The minimum Gasteiger partial charge on any atom is -0.506 e. The molecule has 104 valence electrons. The second-order valence-corrected chi connectivity index (χ2v) is 4.49. The van der Waals surface area contributed by atoms with Gasteiger partial charge in [0.25, 0.3) is 5.91 Å². The Hall–Kier alpha value is -2.56. The van der Waals surface area contributed by atoms with Gasteiger partial charge in [0.1, 0.15) is 11.8 Å². The summed E-state index contributed by atoms with van der Waals surface area (Å²) in [4.78, 5) is 23.5. The van der Waals surface area contributed by atoms with Crippen molar-refractivity contribution in [1.82, 2.24) is 10.6 Å². The van der Waals surface area contributed by atoms with Crippen LogP contribution in [0, 0.1) is 0 Å². The van der Waals surface area contributed by atoms with Crippen LogP contribution in [-0.4, -0.2) is 30.0 Å². The van der Waals surface area contributed by atoms with Gasteiger partial charge >= 0.3 is 0 Å². The van der Waals surface area contributed by atoms with Crippen molar-refractivity contribution in [3.63, 3.8) is 0 Å². The van der Waals surface area contributed by atoms with Gasteiger partial charge in [-0.2, -0.15) is 0 Å². The first kappa shape index (κ1) is 13.9. The van der Waals surface area contributed by atoms with Crippen LogP contribution in [0.1, 0.15) is 17.3 Å². The van der Waals surface area contributed by atoms with Crippen LogP contribution in [0.2, 0.25) is 0 Å². The van der Waals surface area contributed by atoms with Crippen LogP contribution in [-0.2, 0) is 4.79 Å². The molecule has 5 nitrogen and oxygen atoms in total. The highest BCUT2D eigenvalue weighted by Gasteiger charge is 2.18. The monoisotopic (exact) mass is 272 g/mol. The fraction of sp³-hybridized carbons (Fsp3) is 0.200. The lowest BCUT2D eigenvalue weighted by molar-refractivity contribution is -0.122. The molecule has 1 atom stereocenters. The Morgan fingerprint density at radius 1 is 1.15 bits per heavy atom. The van der Waals surface area contributed by atoms with Crippen molar-refractivity contribution in [1.29, 1.82) is 0 Å². The van der Waals surface area contributed by atoms with E-state index in [2.05, 4.69) is 10.6 Å². The van der Waals surface area contributed by atoms with Gasteiger partial charge in [-0.05, 0) is 18.4 Å². The van der Waals surface area contributed by atoms with Gasteiger partial charge in [-0.1, -0.05) is 30.3 Å². The molecule has 0 aliphatic heterocycles.